The van der Waals surface area contributed by atoms with Gasteiger partial charge in [0, 0.05) is 12.5 Å². The predicted molar refractivity (Wildman–Crippen MR) is 74.5 cm³/mol. The first kappa shape index (κ1) is 17.4. The highest BCUT2D eigenvalue weighted by atomic mass is 32.3. The molecule has 12 heteroatoms. The molecule has 2 fully saturated rings. The van der Waals surface area contributed by atoms with Crippen LogP contribution in [0.3, 0.4) is 0 Å². The van der Waals surface area contributed by atoms with E-state index in [1.807, 2.05) is 0 Å². The second-order valence-corrected chi connectivity index (χ2v) is 6.65. The molecule has 4 amide bonds. The molecule has 0 unspecified atom stereocenters. The zero-order valence-electron chi connectivity index (χ0n) is 12.6. The molecule has 0 saturated carbocycles. The average molecular weight is 350 g/mol. The van der Waals surface area contributed by atoms with E-state index in [0.717, 1.165) is 4.90 Å². The summed E-state index contributed by atoms with van der Waals surface area (Å²) in [6.45, 7) is 3.40. The number of carbonyl (C=O) groups excluding carboxylic acids is 3. The maximum absolute atomic E-state index is 12.1. The van der Waals surface area contributed by atoms with Crippen LogP contribution in [0.4, 0.5) is 4.79 Å². The molecule has 0 aromatic heterocycles. The van der Waals surface area contributed by atoms with Gasteiger partial charge in [-0.25, -0.2) is 4.79 Å². The Morgan fingerprint density at radius 1 is 1.30 bits per heavy atom. The third-order valence-electron chi connectivity index (χ3n) is 3.63. The molecular weight excluding hydrogens is 332 g/mol. The number of carbonyl (C=O) groups is 3. The van der Waals surface area contributed by atoms with Gasteiger partial charge in [0.05, 0.1) is 6.04 Å². The zero-order chi connectivity index (χ0) is 17.4. The third-order valence-corrected chi connectivity index (χ3v) is 3.98. The summed E-state index contributed by atoms with van der Waals surface area (Å²) in [5, 5.41) is 0.551. The number of piperidine rings is 1. The molecule has 23 heavy (non-hydrogen) atoms. The molecule has 3 N–H and O–H groups in total. The van der Waals surface area contributed by atoms with Gasteiger partial charge in [0.15, 0.2) is 0 Å². The standard InChI is InChI=1S/C11H18N4O7S/c1-6(2)9(16)12-13-10(17)8-4-3-7-5-14(8)11(18)15(7)22-23(19,20)21/h6-8H,3-5H2,1-2H3,(H,12,16)(H,13,17)(H,19,20,21)/t7-,8+/m0/s1. The lowest BCUT2D eigenvalue weighted by atomic mass is 10.0. The number of amides is 4. The van der Waals surface area contributed by atoms with Crippen LogP contribution < -0.4 is 10.9 Å². The van der Waals surface area contributed by atoms with E-state index >= 15 is 0 Å². The topological polar surface area (TPSA) is 145 Å². The highest BCUT2D eigenvalue weighted by Gasteiger charge is 2.49. The third kappa shape index (κ3) is 3.89. The lowest BCUT2D eigenvalue weighted by molar-refractivity contribution is -0.133. The molecule has 2 bridgehead atoms. The number of hydrogen-bond donors (Lipinski definition) is 3. The van der Waals surface area contributed by atoms with Crippen LogP contribution in [-0.4, -0.2) is 59.4 Å². The summed E-state index contributed by atoms with van der Waals surface area (Å²) >= 11 is 0. The normalized spacial score (nSPS) is 24.1. The Hall–Kier alpha value is -1.92. The molecule has 0 aromatic rings. The van der Waals surface area contributed by atoms with Crippen molar-refractivity contribution in [3.05, 3.63) is 0 Å². The minimum absolute atomic E-state index is 0.0879. The van der Waals surface area contributed by atoms with Crippen molar-refractivity contribution in [2.45, 2.75) is 38.8 Å². The summed E-state index contributed by atoms with van der Waals surface area (Å²) in [5.41, 5.74) is 4.49. The molecule has 130 valence electrons. The van der Waals surface area contributed by atoms with Crippen molar-refractivity contribution in [2.24, 2.45) is 5.92 Å². The number of hydroxylamine groups is 2. The van der Waals surface area contributed by atoms with Gasteiger partial charge in [-0.1, -0.05) is 13.8 Å². The van der Waals surface area contributed by atoms with Crippen LogP contribution in [0.25, 0.3) is 0 Å². The van der Waals surface area contributed by atoms with E-state index in [1.165, 1.54) is 0 Å². The van der Waals surface area contributed by atoms with E-state index in [9.17, 15) is 22.8 Å². The summed E-state index contributed by atoms with van der Waals surface area (Å²) in [6, 6.07) is -2.26. The van der Waals surface area contributed by atoms with Crippen LogP contribution in [0.2, 0.25) is 0 Å². The van der Waals surface area contributed by atoms with Gasteiger partial charge in [-0.2, -0.15) is 13.5 Å². The lowest BCUT2D eigenvalue weighted by Gasteiger charge is -2.29. The van der Waals surface area contributed by atoms with Crippen LogP contribution in [0.15, 0.2) is 0 Å². The molecule has 11 nitrogen and oxygen atoms in total. The predicted octanol–water partition coefficient (Wildman–Crippen LogP) is -1.21. The van der Waals surface area contributed by atoms with E-state index in [0.29, 0.717) is 11.5 Å². The molecule has 2 aliphatic rings. The SMILES string of the molecule is CC(C)C(=O)NNC(=O)[C@H]1CC[C@H]2CN1C(=O)N2OS(=O)(=O)O. The quantitative estimate of drug-likeness (QED) is 0.426. The van der Waals surface area contributed by atoms with Crippen molar-refractivity contribution in [3.63, 3.8) is 0 Å². The van der Waals surface area contributed by atoms with Crippen molar-refractivity contribution in [3.8, 4) is 0 Å². The van der Waals surface area contributed by atoms with E-state index in [-0.39, 0.29) is 24.8 Å². The summed E-state index contributed by atoms with van der Waals surface area (Å²) in [4.78, 5) is 36.8. The van der Waals surface area contributed by atoms with Gasteiger partial charge in [0.25, 0.3) is 5.91 Å². The first-order chi connectivity index (χ1) is 10.6. The number of rotatable bonds is 4. The maximum atomic E-state index is 12.1. The fourth-order valence-electron chi connectivity index (χ4n) is 2.45. The number of nitrogens with one attached hydrogen (secondary N) is 2. The maximum Gasteiger partial charge on any atom is 0.418 e. The molecule has 0 aromatic carbocycles. The zero-order valence-corrected chi connectivity index (χ0v) is 13.4. The Bertz CT molecular complexity index is 620. The smallest absolute Gasteiger partial charge is 0.309 e. The summed E-state index contributed by atoms with van der Waals surface area (Å²) in [7, 11) is -4.83. The monoisotopic (exact) mass is 350 g/mol. The van der Waals surface area contributed by atoms with Crippen molar-refractivity contribution in [1.82, 2.24) is 20.8 Å². The van der Waals surface area contributed by atoms with Gasteiger partial charge in [-0.15, -0.1) is 4.28 Å². The van der Waals surface area contributed by atoms with Gasteiger partial charge < -0.3 is 4.90 Å². The Kier molecular flexibility index (Phi) is 4.77. The van der Waals surface area contributed by atoms with Crippen molar-refractivity contribution < 1.29 is 31.6 Å². The number of hydrogen-bond acceptors (Lipinski definition) is 6. The molecular formula is C11H18N4O7S. The van der Waals surface area contributed by atoms with E-state index < -0.39 is 34.4 Å². The second kappa shape index (κ2) is 6.29. The number of nitrogens with zero attached hydrogens (tertiary/aromatic N) is 2. The fourth-order valence-corrected chi connectivity index (χ4v) is 2.84. The van der Waals surface area contributed by atoms with Crippen LogP contribution in [-0.2, 0) is 24.3 Å². The molecule has 2 atom stereocenters. The van der Waals surface area contributed by atoms with E-state index in [2.05, 4.69) is 15.1 Å². The minimum Gasteiger partial charge on any atom is -0.309 e. The molecule has 0 spiro atoms. The average Bonchev–Trinajstić information content (AvgIpc) is 2.68. The van der Waals surface area contributed by atoms with Gasteiger partial charge in [0.1, 0.15) is 6.04 Å². The Morgan fingerprint density at radius 2 is 1.96 bits per heavy atom. The largest absolute Gasteiger partial charge is 0.418 e. The van der Waals surface area contributed by atoms with Crippen LogP contribution in [0.1, 0.15) is 26.7 Å². The molecule has 0 aliphatic carbocycles. The minimum atomic E-state index is -4.83. The Balaban J connectivity index is 2.01. The van der Waals surface area contributed by atoms with Gasteiger partial charge in [0.2, 0.25) is 5.91 Å². The number of urea groups is 1. The van der Waals surface area contributed by atoms with E-state index in [4.69, 9.17) is 4.55 Å². The molecule has 2 heterocycles. The van der Waals surface area contributed by atoms with Crippen LogP contribution in [0, 0.1) is 5.92 Å². The van der Waals surface area contributed by atoms with Crippen molar-refractivity contribution in [2.75, 3.05) is 6.54 Å². The first-order valence-electron chi connectivity index (χ1n) is 6.96. The molecule has 2 aliphatic heterocycles. The lowest BCUT2D eigenvalue weighted by Crippen LogP contribution is -2.54. The van der Waals surface area contributed by atoms with Crippen molar-refractivity contribution >= 4 is 28.2 Å². The Morgan fingerprint density at radius 3 is 2.52 bits per heavy atom. The van der Waals surface area contributed by atoms with Gasteiger partial charge in [-0.3, -0.25) is 25.0 Å². The Labute approximate surface area is 132 Å². The highest BCUT2D eigenvalue weighted by Crippen LogP contribution is 2.30. The van der Waals surface area contributed by atoms with Crippen LogP contribution in [0.5, 0.6) is 0 Å². The number of fused-ring (bicyclic) bond motifs is 2. The molecule has 2 saturated heterocycles. The van der Waals surface area contributed by atoms with Gasteiger partial charge >= 0.3 is 16.4 Å². The van der Waals surface area contributed by atoms with E-state index in [1.54, 1.807) is 13.8 Å². The fraction of sp³-hybridized carbons (Fsp3) is 0.727. The highest BCUT2D eigenvalue weighted by molar-refractivity contribution is 7.80. The van der Waals surface area contributed by atoms with Crippen LogP contribution >= 0.6 is 0 Å². The second-order valence-electron chi connectivity index (χ2n) is 5.64. The first-order valence-corrected chi connectivity index (χ1v) is 8.33. The number of hydrazine groups is 1. The van der Waals surface area contributed by atoms with Gasteiger partial charge in [-0.05, 0) is 12.8 Å². The molecule has 0 radical (unpaired) electrons. The summed E-state index contributed by atoms with van der Waals surface area (Å²) < 4.78 is 34.5. The molecule has 2 rings (SSSR count). The summed E-state index contributed by atoms with van der Waals surface area (Å²) in [6.07, 6.45) is 0.582. The van der Waals surface area contributed by atoms with Crippen molar-refractivity contribution in [1.29, 1.82) is 0 Å². The summed E-state index contributed by atoms with van der Waals surface area (Å²) in [5.74, 6) is -1.28.